The SMILES string of the molecule is CC(NCC(C)(C)CCC#N)c1ccc(Cl)s1. The van der Waals surface area contributed by atoms with Crippen molar-refractivity contribution in [3.8, 4) is 6.07 Å². The van der Waals surface area contributed by atoms with Gasteiger partial charge in [0.15, 0.2) is 0 Å². The summed E-state index contributed by atoms with van der Waals surface area (Å²) in [6.45, 7) is 7.42. The van der Waals surface area contributed by atoms with E-state index in [0.29, 0.717) is 12.5 Å². The summed E-state index contributed by atoms with van der Waals surface area (Å²) in [5.41, 5.74) is 0.158. The number of halogens is 1. The van der Waals surface area contributed by atoms with Crippen LogP contribution in [0.5, 0.6) is 0 Å². The first-order valence-electron chi connectivity index (χ1n) is 5.80. The van der Waals surface area contributed by atoms with Gasteiger partial charge in [-0.05, 0) is 30.9 Å². The minimum Gasteiger partial charge on any atom is -0.309 e. The molecule has 0 fully saturated rings. The van der Waals surface area contributed by atoms with Gasteiger partial charge in [-0.15, -0.1) is 11.3 Å². The van der Waals surface area contributed by atoms with Gasteiger partial charge in [0.1, 0.15) is 0 Å². The van der Waals surface area contributed by atoms with Crippen molar-refractivity contribution in [1.29, 1.82) is 5.26 Å². The summed E-state index contributed by atoms with van der Waals surface area (Å²) in [5.74, 6) is 0. The second kappa shape index (κ2) is 6.39. The molecule has 1 rings (SSSR count). The first-order valence-corrected chi connectivity index (χ1v) is 6.99. The molecule has 94 valence electrons. The van der Waals surface area contributed by atoms with Gasteiger partial charge in [0.2, 0.25) is 0 Å². The molecule has 1 aromatic heterocycles. The molecule has 1 heterocycles. The fourth-order valence-corrected chi connectivity index (χ4v) is 2.66. The summed E-state index contributed by atoms with van der Waals surface area (Å²) in [4.78, 5) is 1.26. The van der Waals surface area contributed by atoms with Crippen molar-refractivity contribution in [2.24, 2.45) is 5.41 Å². The third-order valence-corrected chi connectivity index (χ3v) is 4.24. The van der Waals surface area contributed by atoms with Crippen molar-refractivity contribution >= 4 is 22.9 Å². The Bertz CT molecular complexity index is 392. The predicted octanol–water partition coefficient (Wildman–Crippen LogP) is 4.38. The molecular formula is C13H19ClN2S. The molecule has 0 aliphatic rings. The highest BCUT2D eigenvalue weighted by Gasteiger charge is 2.19. The molecule has 1 atom stereocenters. The molecule has 17 heavy (non-hydrogen) atoms. The van der Waals surface area contributed by atoms with Crippen molar-refractivity contribution in [2.45, 2.75) is 39.7 Å². The summed E-state index contributed by atoms with van der Waals surface area (Å²) < 4.78 is 0.831. The number of nitrogens with zero attached hydrogens (tertiary/aromatic N) is 1. The van der Waals surface area contributed by atoms with Gasteiger partial charge in [-0.25, -0.2) is 0 Å². The quantitative estimate of drug-likeness (QED) is 0.833. The third-order valence-electron chi connectivity index (χ3n) is 2.82. The number of rotatable bonds is 6. The maximum Gasteiger partial charge on any atom is 0.0931 e. The monoisotopic (exact) mass is 270 g/mol. The second-order valence-corrected chi connectivity index (χ2v) is 6.81. The van der Waals surface area contributed by atoms with Crippen LogP contribution in [0.4, 0.5) is 0 Å². The van der Waals surface area contributed by atoms with Crippen LogP contribution in [0.2, 0.25) is 4.34 Å². The number of thiophene rings is 1. The molecule has 1 N–H and O–H groups in total. The lowest BCUT2D eigenvalue weighted by atomic mass is 9.88. The molecule has 0 saturated heterocycles. The van der Waals surface area contributed by atoms with Gasteiger partial charge in [0.05, 0.1) is 10.4 Å². The molecule has 0 bridgehead atoms. The Morgan fingerprint density at radius 2 is 2.24 bits per heavy atom. The first-order chi connectivity index (χ1) is 7.94. The van der Waals surface area contributed by atoms with Crippen molar-refractivity contribution < 1.29 is 0 Å². The predicted molar refractivity (Wildman–Crippen MR) is 74.4 cm³/mol. The van der Waals surface area contributed by atoms with Crippen LogP contribution in [0.3, 0.4) is 0 Å². The molecular weight excluding hydrogens is 252 g/mol. The maximum atomic E-state index is 8.60. The van der Waals surface area contributed by atoms with Crippen molar-refractivity contribution in [1.82, 2.24) is 5.32 Å². The maximum absolute atomic E-state index is 8.60. The topological polar surface area (TPSA) is 35.8 Å². The largest absolute Gasteiger partial charge is 0.309 e. The number of nitriles is 1. The third kappa shape index (κ3) is 5.08. The molecule has 0 aromatic carbocycles. The lowest BCUT2D eigenvalue weighted by Gasteiger charge is -2.26. The first kappa shape index (κ1) is 14.5. The Morgan fingerprint density at radius 1 is 1.53 bits per heavy atom. The zero-order valence-corrected chi connectivity index (χ0v) is 12.2. The van der Waals surface area contributed by atoms with E-state index in [-0.39, 0.29) is 5.41 Å². The van der Waals surface area contributed by atoms with Crippen molar-refractivity contribution in [3.63, 3.8) is 0 Å². The normalized spacial score (nSPS) is 13.4. The van der Waals surface area contributed by atoms with E-state index in [4.69, 9.17) is 16.9 Å². The van der Waals surface area contributed by atoms with Gasteiger partial charge in [0.25, 0.3) is 0 Å². The van der Waals surface area contributed by atoms with Crippen LogP contribution in [0.15, 0.2) is 12.1 Å². The highest BCUT2D eigenvalue weighted by molar-refractivity contribution is 7.16. The molecule has 0 aliphatic heterocycles. The fourth-order valence-electron chi connectivity index (χ4n) is 1.57. The number of nitrogens with one attached hydrogen (secondary N) is 1. The lowest BCUT2D eigenvalue weighted by molar-refractivity contribution is 0.305. The Labute approximate surface area is 113 Å². The van der Waals surface area contributed by atoms with Crippen LogP contribution in [0.1, 0.15) is 44.5 Å². The van der Waals surface area contributed by atoms with Gasteiger partial charge in [-0.2, -0.15) is 5.26 Å². The fraction of sp³-hybridized carbons (Fsp3) is 0.615. The van der Waals surface area contributed by atoms with Crippen molar-refractivity contribution in [2.75, 3.05) is 6.54 Å². The van der Waals surface area contributed by atoms with Crippen LogP contribution in [-0.4, -0.2) is 6.54 Å². The summed E-state index contributed by atoms with van der Waals surface area (Å²) in [5, 5.41) is 12.1. The Hall–Kier alpha value is -0.560. The summed E-state index contributed by atoms with van der Waals surface area (Å²) in [6.07, 6.45) is 1.54. The summed E-state index contributed by atoms with van der Waals surface area (Å²) in [7, 11) is 0. The molecule has 1 aromatic rings. The summed E-state index contributed by atoms with van der Waals surface area (Å²) >= 11 is 7.53. The highest BCUT2D eigenvalue weighted by Crippen LogP contribution is 2.28. The minimum absolute atomic E-state index is 0.158. The van der Waals surface area contributed by atoms with E-state index < -0.39 is 0 Å². The Morgan fingerprint density at radius 3 is 2.76 bits per heavy atom. The molecule has 0 amide bonds. The van der Waals surface area contributed by atoms with Crippen LogP contribution >= 0.6 is 22.9 Å². The van der Waals surface area contributed by atoms with E-state index >= 15 is 0 Å². The average Bonchev–Trinajstić information content (AvgIpc) is 2.70. The van der Waals surface area contributed by atoms with Gasteiger partial charge >= 0.3 is 0 Å². The smallest absolute Gasteiger partial charge is 0.0931 e. The van der Waals surface area contributed by atoms with Gasteiger partial charge in [-0.3, -0.25) is 0 Å². The van der Waals surface area contributed by atoms with E-state index in [0.717, 1.165) is 17.3 Å². The van der Waals surface area contributed by atoms with E-state index in [1.807, 2.05) is 6.07 Å². The molecule has 1 unspecified atom stereocenters. The highest BCUT2D eigenvalue weighted by atomic mass is 35.5. The van der Waals surface area contributed by atoms with Crippen LogP contribution in [-0.2, 0) is 0 Å². The van der Waals surface area contributed by atoms with Crippen LogP contribution in [0, 0.1) is 16.7 Å². The number of hydrogen-bond acceptors (Lipinski definition) is 3. The average molecular weight is 271 g/mol. The second-order valence-electron chi connectivity index (χ2n) is 5.07. The molecule has 0 spiro atoms. The zero-order chi connectivity index (χ0) is 12.9. The Balaban J connectivity index is 2.42. The standard InChI is InChI=1S/C13H19ClN2S/c1-10(11-5-6-12(14)17-11)16-9-13(2,3)7-4-8-15/h5-6,10,16H,4,7,9H2,1-3H3. The number of hydrogen-bond donors (Lipinski definition) is 1. The molecule has 4 heteroatoms. The van der Waals surface area contributed by atoms with E-state index in [2.05, 4.69) is 38.2 Å². The summed E-state index contributed by atoms with van der Waals surface area (Å²) in [6, 6.07) is 6.51. The lowest BCUT2D eigenvalue weighted by Crippen LogP contribution is -2.31. The van der Waals surface area contributed by atoms with Crippen LogP contribution in [0.25, 0.3) is 0 Å². The van der Waals surface area contributed by atoms with Crippen molar-refractivity contribution in [3.05, 3.63) is 21.3 Å². The molecule has 2 nitrogen and oxygen atoms in total. The van der Waals surface area contributed by atoms with Gasteiger partial charge in [-0.1, -0.05) is 25.4 Å². The molecule has 0 aliphatic carbocycles. The van der Waals surface area contributed by atoms with Gasteiger partial charge in [0, 0.05) is 23.9 Å². The van der Waals surface area contributed by atoms with E-state index in [1.165, 1.54) is 4.88 Å². The van der Waals surface area contributed by atoms with E-state index in [1.54, 1.807) is 11.3 Å². The van der Waals surface area contributed by atoms with E-state index in [9.17, 15) is 0 Å². The van der Waals surface area contributed by atoms with Gasteiger partial charge < -0.3 is 5.32 Å². The molecule has 0 radical (unpaired) electrons. The molecule has 0 saturated carbocycles. The van der Waals surface area contributed by atoms with Crippen LogP contribution < -0.4 is 5.32 Å². The minimum atomic E-state index is 0.158. The Kier molecular flexibility index (Phi) is 5.45. The zero-order valence-electron chi connectivity index (χ0n) is 10.6.